The standard InChI is InChI=1S/C11H11ClO4S/c12-9-6-17(14,15)7-10(9)16-11(13)8-4-2-1-3-5-8/h1-5,9-10H,6-7H2/t9-,10-/m0/s1. The van der Waals surface area contributed by atoms with Crippen LogP contribution in [0.15, 0.2) is 30.3 Å². The van der Waals surface area contributed by atoms with Gasteiger partial charge in [-0.3, -0.25) is 0 Å². The first-order chi connectivity index (χ1) is 7.98. The lowest BCUT2D eigenvalue weighted by atomic mass is 10.2. The minimum atomic E-state index is -3.18. The molecule has 1 saturated heterocycles. The molecule has 1 heterocycles. The highest BCUT2D eigenvalue weighted by molar-refractivity contribution is 7.91. The number of hydrogen-bond acceptors (Lipinski definition) is 4. The van der Waals surface area contributed by atoms with Crippen LogP contribution < -0.4 is 0 Å². The van der Waals surface area contributed by atoms with Crippen LogP contribution in [0, 0.1) is 0 Å². The number of hydrogen-bond donors (Lipinski definition) is 0. The van der Waals surface area contributed by atoms with E-state index in [1.807, 2.05) is 0 Å². The molecule has 0 bridgehead atoms. The zero-order valence-electron chi connectivity index (χ0n) is 8.87. The number of ether oxygens (including phenoxy) is 1. The summed E-state index contributed by atoms with van der Waals surface area (Å²) in [5.41, 5.74) is 0.390. The van der Waals surface area contributed by atoms with Crippen molar-refractivity contribution in [1.82, 2.24) is 0 Å². The second kappa shape index (κ2) is 4.66. The fourth-order valence-electron chi connectivity index (χ4n) is 1.66. The largest absolute Gasteiger partial charge is 0.456 e. The van der Waals surface area contributed by atoms with E-state index in [0.29, 0.717) is 5.56 Å². The van der Waals surface area contributed by atoms with Crippen molar-refractivity contribution in [3.05, 3.63) is 35.9 Å². The van der Waals surface area contributed by atoms with E-state index in [1.165, 1.54) is 0 Å². The van der Waals surface area contributed by atoms with Gasteiger partial charge >= 0.3 is 5.97 Å². The molecule has 1 aliphatic heterocycles. The summed E-state index contributed by atoms with van der Waals surface area (Å²) in [6.45, 7) is 0. The SMILES string of the molecule is O=C(O[C@H]1CS(=O)(=O)C[C@@H]1Cl)c1ccccc1. The predicted molar refractivity (Wildman–Crippen MR) is 63.9 cm³/mol. The normalized spacial score (nSPS) is 26.6. The summed E-state index contributed by atoms with van der Waals surface area (Å²) < 4.78 is 27.7. The van der Waals surface area contributed by atoms with Crippen molar-refractivity contribution in [2.45, 2.75) is 11.5 Å². The van der Waals surface area contributed by atoms with Crippen molar-refractivity contribution >= 4 is 27.4 Å². The molecule has 1 fully saturated rings. The van der Waals surface area contributed by atoms with Gasteiger partial charge in [0.25, 0.3) is 0 Å². The van der Waals surface area contributed by atoms with E-state index >= 15 is 0 Å². The lowest BCUT2D eigenvalue weighted by Gasteiger charge is -2.13. The van der Waals surface area contributed by atoms with E-state index in [4.69, 9.17) is 16.3 Å². The summed E-state index contributed by atoms with van der Waals surface area (Å²) in [5.74, 6) is -0.876. The second-order valence-electron chi connectivity index (χ2n) is 3.90. The van der Waals surface area contributed by atoms with E-state index in [0.717, 1.165) is 0 Å². The molecular weight excluding hydrogens is 264 g/mol. The van der Waals surface area contributed by atoms with Crippen LogP contribution in [0.3, 0.4) is 0 Å². The van der Waals surface area contributed by atoms with Gasteiger partial charge in [-0.1, -0.05) is 18.2 Å². The summed E-state index contributed by atoms with van der Waals surface area (Å²) in [6, 6.07) is 8.41. The van der Waals surface area contributed by atoms with Gasteiger partial charge in [0, 0.05) is 0 Å². The van der Waals surface area contributed by atoms with Crippen LogP contribution in [0.25, 0.3) is 0 Å². The van der Waals surface area contributed by atoms with Crippen LogP contribution in [0.2, 0.25) is 0 Å². The van der Waals surface area contributed by atoms with Crippen LogP contribution in [-0.2, 0) is 14.6 Å². The van der Waals surface area contributed by atoms with E-state index in [1.54, 1.807) is 30.3 Å². The van der Waals surface area contributed by atoms with Crippen molar-refractivity contribution < 1.29 is 17.9 Å². The van der Waals surface area contributed by atoms with Crippen LogP contribution >= 0.6 is 11.6 Å². The third-order valence-electron chi connectivity index (χ3n) is 2.50. The Morgan fingerprint density at radius 1 is 1.24 bits per heavy atom. The van der Waals surface area contributed by atoms with Crippen LogP contribution in [0.5, 0.6) is 0 Å². The lowest BCUT2D eigenvalue weighted by molar-refractivity contribution is 0.0362. The van der Waals surface area contributed by atoms with Gasteiger partial charge in [-0.15, -0.1) is 11.6 Å². The minimum Gasteiger partial charge on any atom is -0.456 e. The average Bonchev–Trinajstić information content (AvgIpc) is 2.53. The Morgan fingerprint density at radius 3 is 2.41 bits per heavy atom. The maximum atomic E-state index is 11.7. The summed E-state index contributed by atoms with van der Waals surface area (Å²) in [4.78, 5) is 11.7. The highest BCUT2D eigenvalue weighted by Gasteiger charge is 2.39. The summed E-state index contributed by atoms with van der Waals surface area (Å²) >= 11 is 5.84. The van der Waals surface area contributed by atoms with Crippen LogP contribution in [0.4, 0.5) is 0 Å². The summed E-state index contributed by atoms with van der Waals surface area (Å²) in [7, 11) is -3.18. The first-order valence-corrected chi connectivity index (χ1v) is 7.34. The summed E-state index contributed by atoms with van der Waals surface area (Å²) in [5, 5.41) is -0.660. The molecule has 6 heteroatoms. The lowest BCUT2D eigenvalue weighted by Crippen LogP contribution is -2.26. The number of carbonyl (C=O) groups excluding carboxylic acids is 1. The predicted octanol–water partition coefficient (Wildman–Crippen LogP) is 1.25. The molecule has 0 radical (unpaired) electrons. The Morgan fingerprint density at radius 2 is 1.88 bits per heavy atom. The monoisotopic (exact) mass is 274 g/mol. The van der Waals surface area contributed by atoms with Gasteiger partial charge in [0.2, 0.25) is 0 Å². The van der Waals surface area contributed by atoms with Gasteiger partial charge in [-0.05, 0) is 12.1 Å². The van der Waals surface area contributed by atoms with Gasteiger partial charge in [0.05, 0.1) is 22.4 Å². The van der Waals surface area contributed by atoms with E-state index in [9.17, 15) is 13.2 Å². The van der Waals surface area contributed by atoms with Gasteiger partial charge in [-0.2, -0.15) is 0 Å². The first-order valence-electron chi connectivity index (χ1n) is 5.08. The molecule has 0 amide bonds. The smallest absolute Gasteiger partial charge is 0.338 e. The van der Waals surface area contributed by atoms with Crippen molar-refractivity contribution in [3.63, 3.8) is 0 Å². The van der Waals surface area contributed by atoms with Crippen molar-refractivity contribution in [2.75, 3.05) is 11.5 Å². The molecule has 0 saturated carbocycles. The molecule has 1 aliphatic rings. The highest BCUT2D eigenvalue weighted by atomic mass is 35.5. The first kappa shape index (κ1) is 12.4. The third kappa shape index (κ3) is 2.98. The molecule has 2 rings (SSSR count). The molecule has 4 nitrogen and oxygen atoms in total. The zero-order chi connectivity index (χ0) is 12.5. The molecule has 0 unspecified atom stereocenters. The van der Waals surface area contributed by atoms with E-state index in [-0.39, 0.29) is 11.5 Å². The Kier molecular flexibility index (Phi) is 3.40. The quantitative estimate of drug-likeness (QED) is 0.601. The number of esters is 1. The third-order valence-corrected chi connectivity index (χ3v) is 4.82. The van der Waals surface area contributed by atoms with Crippen molar-refractivity contribution in [1.29, 1.82) is 0 Å². The van der Waals surface area contributed by atoms with Crippen LogP contribution in [-0.4, -0.2) is 37.4 Å². The fraction of sp³-hybridized carbons (Fsp3) is 0.364. The Balaban J connectivity index is 2.06. The van der Waals surface area contributed by atoms with Gasteiger partial charge in [0.15, 0.2) is 9.84 Å². The van der Waals surface area contributed by atoms with Crippen LogP contribution in [0.1, 0.15) is 10.4 Å². The van der Waals surface area contributed by atoms with Crippen molar-refractivity contribution in [2.24, 2.45) is 0 Å². The number of benzene rings is 1. The molecule has 0 aromatic heterocycles. The van der Waals surface area contributed by atoms with Gasteiger partial charge in [0.1, 0.15) is 6.10 Å². The number of alkyl halides is 1. The molecule has 17 heavy (non-hydrogen) atoms. The Bertz CT molecular complexity index is 512. The number of halogens is 1. The molecule has 1 aromatic carbocycles. The van der Waals surface area contributed by atoms with Crippen molar-refractivity contribution in [3.8, 4) is 0 Å². The Hall–Kier alpha value is -1.07. The zero-order valence-corrected chi connectivity index (χ0v) is 10.4. The van der Waals surface area contributed by atoms with E-state index in [2.05, 4.69) is 0 Å². The van der Waals surface area contributed by atoms with Gasteiger partial charge in [-0.25, -0.2) is 13.2 Å². The molecule has 2 atom stereocenters. The van der Waals surface area contributed by atoms with Gasteiger partial charge < -0.3 is 4.74 Å². The fourth-order valence-corrected chi connectivity index (χ4v) is 4.12. The average molecular weight is 275 g/mol. The second-order valence-corrected chi connectivity index (χ2v) is 6.62. The molecule has 0 N–H and O–H groups in total. The molecule has 1 aromatic rings. The number of rotatable bonds is 2. The topological polar surface area (TPSA) is 60.4 Å². The minimum absolute atomic E-state index is 0.138. The molecule has 92 valence electrons. The van der Waals surface area contributed by atoms with E-state index < -0.39 is 27.3 Å². The summed E-state index contributed by atoms with van der Waals surface area (Å²) in [6.07, 6.45) is -0.755. The maximum absolute atomic E-state index is 11.7. The Labute approximate surface area is 104 Å². The molecular formula is C11H11ClO4S. The number of sulfone groups is 1. The molecule has 0 spiro atoms. The number of carbonyl (C=O) groups is 1. The maximum Gasteiger partial charge on any atom is 0.338 e. The highest BCUT2D eigenvalue weighted by Crippen LogP contribution is 2.21. The molecule has 0 aliphatic carbocycles.